The van der Waals surface area contributed by atoms with Gasteiger partial charge in [-0.05, 0) is 25.0 Å². The van der Waals surface area contributed by atoms with Crippen molar-refractivity contribution in [1.29, 1.82) is 0 Å². The Kier molecular flexibility index (Phi) is 4.75. The fraction of sp³-hybridized carbons (Fsp3) is 0.533. The maximum atomic E-state index is 11.5. The lowest BCUT2D eigenvalue weighted by Gasteiger charge is -2.38. The predicted molar refractivity (Wildman–Crippen MR) is 77.8 cm³/mol. The van der Waals surface area contributed by atoms with Crippen molar-refractivity contribution in [2.24, 2.45) is 5.84 Å². The highest BCUT2D eigenvalue weighted by Crippen LogP contribution is 2.20. The molecule has 1 fully saturated rings. The molecule has 1 aliphatic heterocycles. The van der Waals surface area contributed by atoms with Crippen molar-refractivity contribution in [2.45, 2.75) is 32.4 Å². The molecule has 1 heterocycles. The Morgan fingerprint density at radius 1 is 1.40 bits per heavy atom. The molecule has 5 heteroatoms. The first-order valence-corrected chi connectivity index (χ1v) is 6.93. The largest absolute Gasteiger partial charge is 0.373 e. The van der Waals surface area contributed by atoms with Crippen molar-refractivity contribution < 1.29 is 9.53 Å². The smallest absolute Gasteiger partial charge is 0.238 e. The molecule has 1 saturated heterocycles. The number of nitrogens with one attached hydrogen (secondary N) is 1. The summed E-state index contributed by atoms with van der Waals surface area (Å²) in [5.74, 6) is 5.00. The van der Waals surface area contributed by atoms with Gasteiger partial charge in [0.1, 0.15) is 0 Å². The number of hydrazine groups is 1. The van der Waals surface area contributed by atoms with Gasteiger partial charge in [0.15, 0.2) is 0 Å². The standard InChI is InChI=1S/C15H23N3O2/c1-15(2)11-18(7-8-20-15)10-13-6-4-3-5-12(13)9-14(19)17-16/h3-6H,7-11,16H2,1-2H3,(H,17,19). The lowest BCUT2D eigenvalue weighted by molar-refractivity contribution is -0.120. The van der Waals surface area contributed by atoms with Crippen LogP contribution in [0, 0.1) is 0 Å². The molecule has 0 spiro atoms. The van der Waals surface area contributed by atoms with Gasteiger partial charge in [-0.2, -0.15) is 0 Å². The summed E-state index contributed by atoms with van der Waals surface area (Å²) in [4.78, 5) is 13.8. The first kappa shape index (κ1) is 15.0. The molecule has 5 nitrogen and oxygen atoms in total. The summed E-state index contributed by atoms with van der Waals surface area (Å²) in [7, 11) is 0. The molecule has 0 radical (unpaired) electrons. The molecule has 110 valence electrons. The average Bonchev–Trinajstić information content (AvgIpc) is 2.39. The Morgan fingerprint density at radius 3 is 2.75 bits per heavy atom. The minimum absolute atomic E-state index is 0.109. The number of amides is 1. The van der Waals surface area contributed by atoms with Gasteiger partial charge in [0, 0.05) is 19.6 Å². The van der Waals surface area contributed by atoms with E-state index in [1.807, 2.05) is 18.2 Å². The van der Waals surface area contributed by atoms with Crippen LogP contribution in [-0.4, -0.2) is 36.1 Å². The number of morpholine rings is 1. The highest BCUT2D eigenvalue weighted by Gasteiger charge is 2.27. The van der Waals surface area contributed by atoms with E-state index in [1.165, 1.54) is 5.56 Å². The molecule has 0 unspecified atom stereocenters. The molecule has 1 aliphatic rings. The zero-order chi connectivity index (χ0) is 14.6. The summed E-state index contributed by atoms with van der Waals surface area (Å²) in [6, 6.07) is 8.01. The van der Waals surface area contributed by atoms with E-state index >= 15 is 0 Å². The van der Waals surface area contributed by atoms with Gasteiger partial charge < -0.3 is 4.74 Å². The fourth-order valence-corrected chi connectivity index (χ4v) is 2.60. The monoisotopic (exact) mass is 277 g/mol. The first-order valence-electron chi connectivity index (χ1n) is 6.93. The normalized spacial score (nSPS) is 18.8. The van der Waals surface area contributed by atoms with Gasteiger partial charge in [0.2, 0.25) is 5.91 Å². The summed E-state index contributed by atoms with van der Waals surface area (Å²) in [5.41, 5.74) is 4.28. The summed E-state index contributed by atoms with van der Waals surface area (Å²) in [6.07, 6.45) is 0.320. The summed E-state index contributed by atoms with van der Waals surface area (Å²) in [6.45, 7) is 7.60. The second kappa shape index (κ2) is 6.35. The maximum Gasteiger partial charge on any atom is 0.238 e. The SMILES string of the molecule is CC1(C)CN(Cc2ccccc2CC(=O)NN)CCO1. The Morgan fingerprint density at radius 2 is 2.10 bits per heavy atom. The second-order valence-corrected chi connectivity index (χ2v) is 5.83. The Labute approximate surface area is 120 Å². The number of nitrogens with two attached hydrogens (primary N) is 1. The van der Waals surface area contributed by atoms with Gasteiger partial charge >= 0.3 is 0 Å². The third-order valence-electron chi connectivity index (χ3n) is 3.53. The van der Waals surface area contributed by atoms with E-state index in [4.69, 9.17) is 10.6 Å². The highest BCUT2D eigenvalue weighted by atomic mass is 16.5. The lowest BCUT2D eigenvalue weighted by Crippen LogP contribution is -2.47. The third kappa shape index (κ3) is 4.03. The lowest BCUT2D eigenvalue weighted by atomic mass is 10.0. The molecular formula is C15H23N3O2. The van der Waals surface area contributed by atoms with Crippen LogP contribution in [0.25, 0.3) is 0 Å². The van der Waals surface area contributed by atoms with Crippen LogP contribution in [0.3, 0.4) is 0 Å². The van der Waals surface area contributed by atoms with E-state index in [1.54, 1.807) is 0 Å². The zero-order valence-electron chi connectivity index (χ0n) is 12.2. The maximum absolute atomic E-state index is 11.5. The van der Waals surface area contributed by atoms with Crippen LogP contribution in [0.5, 0.6) is 0 Å². The number of rotatable bonds is 4. The molecule has 0 atom stereocenters. The van der Waals surface area contributed by atoms with Gasteiger partial charge in [0.25, 0.3) is 0 Å². The molecule has 0 aromatic heterocycles. The van der Waals surface area contributed by atoms with Crippen molar-refractivity contribution in [1.82, 2.24) is 10.3 Å². The quantitative estimate of drug-likeness (QED) is 0.486. The van der Waals surface area contributed by atoms with Crippen molar-refractivity contribution >= 4 is 5.91 Å². The number of benzene rings is 1. The molecular weight excluding hydrogens is 254 g/mol. The number of hydrogen-bond donors (Lipinski definition) is 2. The van der Waals surface area contributed by atoms with E-state index in [2.05, 4.69) is 30.2 Å². The summed E-state index contributed by atoms with van der Waals surface area (Å²) in [5, 5.41) is 0. The van der Waals surface area contributed by atoms with Crippen molar-refractivity contribution in [3.63, 3.8) is 0 Å². The number of carbonyl (C=O) groups excluding carboxylic acids is 1. The van der Waals surface area contributed by atoms with E-state index in [0.717, 1.165) is 31.8 Å². The first-order chi connectivity index (χ1) is 9.50. The van der Waals surface area contributed by atoms with Crippen molar-refractivity contribution in [3.05, 3.63) is 35.4 Å². The molecule has 20 heavy (non-hydrogen) atoms. The van der Waals surface area contributed by atoms with Crippen LogP contribution in [-0.2, 0) is 22.5 Å². The van der Waals surface area contributed by atoms with Crippen LogP contribution in [0.15, 0.2) is 24.3 Å². The highest BCUT2D eigenvalue weighted by molar-refractivity contribution is 5.78. The van der Waals surface area contributed by atoms with Gasteiger partial charge in [-0.15, -0.1) is 0 Å². The number of hydrogen-bond acceptors (Lipinski definition) is 4. The van der Waals surface area contributed by atoms with E-state index in [-0.39, 0.29) is 11.5 Å². The molecule has 0 bridgehead atoms. The number of ether oxygens (including phenoxy) is 1. The third-order valence-corrected chi connectivity index (χ3v) is 3.53. The molecule has 1 aromatic carbocycles. The molecule has 3 N–H and O–H groups in total. The van der Waals surface area contributed by atoms with Crippen LogP contribution >= 0.6 is 0 Å². The minimum atomic E-state index is -0.167. The van der Waals surface area contributed by atoms with Gasteiger partial charge in [-0.1, -0.05) is 24.3 Å². The molecule has 1 aromatic rings. The Hall–Kier alpha value is -1.43. The van der Waals surface area contributed by atoms with Crippen molar-refractivity contribution in [2.75, 3.05) is 19.7 Å². The fourth-order valence-electron chi connectivity index (χ4n) is 2.60. The minimum Gasteiger partial charge on any atom is -0.373 e. The van der Waals surface area contributed by atoms with Gasteiger partial charge in [0.05, 0.1) is 18.6 Å². The number of carbonyl (C=O) groups is 1. The van der Waals surface area contributed by atoms with Gasteiger partial charge in [-0.3, -0.25) is 15.1 Å². The van der Waals surface area contributed by atoms with Crippen LogP contribution in [0.4, 0.5) is 0 Å². The predicted octanol–water partition coefficient (Wildman–Crippen LogP) is 0.830. The summed E-state index contributed by atoms with van der Waals surface area (Å²) >= 11 is 0. The Balaban J connectivity index is 2.07. The van der Waals surface area contributed by atoms with Gasteiger partial charge in [-0.25, -0.2) is 5.84 Å². The Bertz CT molecular complexity index is 474. The average molecular weight is 277 g/mol. The molecule has 2 rings (SSSR count). The molecule has 1 amide bonds. The van der Waals surface area contributed by atoms with Crippen LogP contribution < -0.4 is 11.3 Å². The van der Waals surface area contributed by atoms with Crippen molar-refractivity contribution in [3.8, 4) is 0 Å². The molecule has 0 aliphatic carbocycles. The zero-order valence-corrected chi connectivity index (χ0v) is 12.2. The summed E-state index contributed by atoms with van der Waals surface area (Å²) < 4.78 is 5.72. The van der Waals surface area contributed by atoms with E-state index in [0.29, 0.717) is 6.42 Å². The van der Waals surface area contributed by atoms with Crippen LogP contribution in [0.2, 0.25) is 0 Å². The topological polar surface area (TPSA) is 67.6 Å². The number of nitrogens with zero attached hydrogens (tertiary/aromatic N) is 1. The van der Waals surface area contributed by atoms with E-state index < -0.39 is 0 Å². The molecule has 0 saturated carbocycles. The van der Waals surface area contributed by atoms with E-state index in [9.17, 15) is 4.79 Å². The van der Waals surface area contributed by atoms with Crippen LogP contribution in [0.1, 0.15) is 25.0 Å². The second-order valence-electron chi connectivity index (χ2n) is 5.83.